The van der Waals surface area contributed by atoms with Gasteiger partial charge in [0.1, 0.15) is 5.56 Å². The van der Waals surface area contributed by atoms with Crippen molar-refractivity contribution in [1.29, 1.82) is 0 Å². The Balaban J connectivity index is 1.18. The van der Waals surface area contributed by atoms with Crippen LogP contribution in [0.15, 0.2) is 58.3 Å². The van der Waals surface area contributed by atoms with Gasteiger partial charge in [-0.25, -0.2) is 9.78 Å². The second-order valence-corrected chi connectivity index (χ2v) is 12.4. The van der Waals surface area contributed by atoms with Gasteiger partial charge in [0, 0.05) is 67.6 Å². The smallest absolute Gasteiger partial charge is 0.330 e. The molecule has 1 atom stereocenters. The van der Waals surface area contributed by atoms with Crippen molar-refractivity contribution in [3.8, 4) is 28.3 Å². The van der Waals surface area contributed by atoms with Crippen LogP contribution in [0.2, 0.25) is 10.0 Å². The molecule has 47 heavy (non-hydrogen) atoms. The minimum atomic E-state index is -0.713. The summed E-state index contributed by atoms with van der Waals surface area (Å²) in [6, 6.07) is 13.0. The predicted octanol–water partition coefficient (Wildman–Crippen LogP) is 3.98. The topological polar surface area (TPSA) is 153 Å². The summed E-state index contributed by atoms with van der Waals surface area (Å²) in [4.78, 5) is 45.1. The van der Waals surface area contributed by atoms with E-state index in [0.29, 0.717) is 33.3 Å². The number of H-pyrrole nitrogens is 1. The van der Waals surface area contributed by atoms with Gasteiger partial charge in [-0.2, -0.15) is 5.21 Å². The van der Waals surface area contributed by atoms with Gasteiger partial charge < -0.3 is 14.6 Å². The molecule has 1 aliphatic heterocycles. The summed E-state index contributed by atoms with van der Waals surface area (Å²) in [6.45, 7) is 1.68. The second-order valence-electron chi connectivity index (χ2n) is 11.7. The molecule has 3 aromatic heterocycles. The zero-order chi connectivity index (χ0) is 33.0. The fraction of sp³-hybridized carbons (Fsp3) is 0.281. The van der Waals surface area contributed by atoms with Crippen LogP contribution in [0.5, 0.6) is 5.88 Å². The number of carbonyl (C=O) groups is 1. The molecule has 240 valence electrons. The lowest BCUT2D eigenvalue weighted by molar-refractivity contribution is 0.0860. The first-order valence-electron chi connectivity index (χ1n) is 14.9. The number of fused-ring (bicyclic) bond motifs is 1. The number of tetrazole rings is 1. The highest BCUT2D eigenvalue weighted by Crippen LogP contribution is 2.47. The van der Waals surface area contributed by atoms with Gasteiger partial charge in [0.05, 0.1) is 28.5 Å². The zero-order valence-electron chi connectivity index (χ0n) is 25.6. The fourth-order valence-corrected chi connectivity index (χ4v) is 7.04. The molecule has 1 aliphatic carbocycles. The minimum Gasteiger partial charge on any atom is -0.481 e. The van der Waals surface area contributed by atoms with Gasteiger partial charge in [0.25, 0.3) is 11.5 Å². The molecule has 2 N–H and O–H groups in total. The number of aromatic amines is 1. The molecule has 2 aliphatic rings. The third-order valence-corrected chi connectivity index (χ3v) is 9.72. The average molecular weight is 675 g/mol. The van der Waals surface area contributed by atoms with Crippen LogP contribution < -0.4 is 21.3 Å². The maximum absolute atomic E-state index is 13.1. The molecule has 1 amide bonds. The van der Waals surface area contributed by atoms with E-state index in [4.69, 9.17) is 32.9 Å². The van der Waals surface area contributed by atoms with Crippen molar-refractivity contribution < 1.29 is 9.53 Å². The third kappa shape index (κ3) is 5.29. The summed E-state index contributed by atoms with van der Waals surface area (Å²) < 4.78 is 7.88. The molecule has 0 radical (unpaired) electrons. The number of methoxy groups -OCH3 is 1. The molecule has 5 aromatic rings. The largest absolute Gasteiger partial charge is 0.481 e. The van der Waals surface area contributed by atoms with Crippen LogP contribution in [0.4, 0.5) is 5.69 Å². The van der Waals surface area contributed by atoms with Crippen molar-refractivity contribution in [3.05, 3.63) is 102 Å². The minimum absolute atomic E-state index is 0.184. The van der Waals surface area contributed by atoms with E-state index in [2.05, 4.69) is 36.9 Å². The summed E-state index contributed by atoms with van der Waals surface area (Å²) in [7, 11) is 4.40. The molecule has 2 aromatic carbocycles. The van der Waals surface area contributed by atoms with Crippen LogP contribution in [0, 0.1) is 0 Å². The number of aryl methyl sites for hydroxylation is 2. The SMILES string of the molecule is COc1nc(-c2cccc(-c3cccc(NC(=O)c4cn(C)c(=O)n(C)c4=O)c3Cl)c2Cl)cc2c1[C@H](N1CC(c3nn[nH]n3)C1)CC2. The fourth-order valence-electron chi connectivity index (χ4n) is 6.44. The number of aromatic nitrogens is 7. The Labute approximate surface area is 278 Å². The number of ether oxygens (including phenoxy) is 1. The van der Waals surface area contributed by atoms with Gasteiger partial charge in [0.15, 0.2) is 5.82 Å². The number of hydrogen-bond acceptors (Lipinski definition) is 9. The van der Waals surface area contributed by atoms with E-state index in [1.807, 2.05) is 18.2 Å². The highest BCUT2D eigenvalue weighted by molar-refractivity contribution is 6.39. The molecule has 4 heterocycles. The Morgan fingerprint density at radius 1 is 1.04 bits per heavy atom. The van der Waals surface area contributed by atoms with Crippen molar-refractivity contribution in [1.82, 2.24) is 39.6 Å². The first-order valence-corrected chi connectivity index (χ1v) is 15.6. The Morgan fingerprint density at radius 2 is 1.77 bits per heavy atom. The van der Waals surface area contributed by atoms with Crippen LogP contribution in [0.25, 0.3) is 22.4 Å². The molecule has 0 spiro atoms. The maximum atomic E-state index is 13.1. The van der Waals surface area contributed by atoms with Gasteiger partial charge in [-0.15, -0.1) is 10.2 Å². The Morgan fingerprint density at radius 3 is 2.49 bits per heavy atom. The molecule has 13 nitrogen and oxygen atoms in total. The number of likely N-dealkylation sites (tertiary alicyclic amines) is 1. The monoisotopic (exact) mass is 673 g/mol. The number of hydrogen-bond donors (Lipinski definition) is 2. The number of amides is 1. The van der Waals surface area contributed by atoms with Crippen molar-refractivity contribution in [3.63, 3.8) is 0 Å². The van der Waals surface area contributed by atoms with Gasteiger partial charge in [-0.05, 0) is 30.5 Å². The second kappa shape index (κ2) is 12.1. The van der Waals surface area contributed by atoms with E-state index < -0.39 is 17.2 Å². The lowest BCUT2D eigenvalue weighted by Gasteiger charge is -2.42. The zero-order valence-corrected chi connectivity index (χ0v) is 27.1. The number of carbonyl (C=O) groups excluding carboxylic acids is 1. The van der Waals surface area contributed by atoms with Gasteiger partial charge in [-0.3, -0.25) is 19.1 Å². The van der Waals surface area contributed by atoms with E-state index in [-0.39, 0.29) is 28.2 Å². The van der Waals surface area contributed by atoms with Gasteiger partial charge >= 0.3 is 5.69 Å². The highest BCUT2D eigenvalue weighted by Gasteiger charge is 2.40. The average Bonchev–Trinajstić information content (AvgIpc) is 3.73. The summed E-state index contributed by atoms with van der Waals surface area (Å²) >= 11 is 13.9. The number of rotatable bonds is 7. The molecular weight excluding hydrogens is 645 g/mol. The summed E-state index contributed by atoms with van der Waals surface area (Å²) in [5.74, 6) is 0.850. The van der Waals surface area contributed by atoms with Crippen molar-refractivity contribution in [2.24, 2.45) is 14.1 Å². The van der Waals surface area contributed by atoms with E-state index in [1.165, 1.54) is 24.9 Å². The summed E-state index contributed by atoms with van der Waals surface area (Å²) in [5.41, 5.74) is 3.67. The first kappa shape index (κ1) is 30.8. The lowest BCUT2D eigenvalue weighted by Crippen LogP contribution is -2.46. The molecule has 1 saturated heterocycles. The van der Waals surface area contributed by atoms with Gasteiger partial charge in [0.2, 0.25) is 5.88 Å². The van der Waals surface area contributed by atoms with E-state index in [1.54, 1.807) is 25.3 Å². The quantitative estimate of drug-likeness (QED) is 0.261. The number of pyridine rings is 1. The van der Waals surface area contributed by atoms with Crippen LogP contribution in [-0.2, 0) is 20.5 Å². The molecule has 15 heteroatoms. The molecule has 0 bridgehead atoms. The Hall–Kier alpha value is -4.85. The van der Waals surface area contributed by atoms with Crippen LogP contribution in [0.1, 0.15) is 45.7 Å². The Kier molecular flexibility index (Phi) is 7.90. The molecule has 0 unspecified atom stereocenters. The van der Waals surface area contributed by atoms with Crippen LogP contribution in [-0.4, -0.2) is 65.7 Å². The van der Waals surface area contributed by atoms with Crippen molar-refractivity contribution >= 4 is 34.8 Å². The molecule has 0 saturated carbocycles. The standard InChI is InChI=1S/C32H29Cl2N9O4/c1-41-15-21(31(45)42(2)32(41)46)29(44)35-22-9-5-7-19(27(22)34)18-6-4-8-20(26(18)33)23-12-16-10-11-24(25(16)30(36-23)47-3)43-13-17(14-43)28-37-39-40-38-28/h4-9,12,15,17,24H,10-11,13-14H2,1-3H3,(H,35,44)(H,37,38,39,40)/t24-/m1/s1. The Bertz CT molecular complexity index is 2160. The maximum Gasteiger partial charge on any atom is 0.330 e. The van der Waals surface area contributed by atoms with Crippen molar-refractivity contribution in [2.45, 2.75) is 24.8 Å². The first-order chi connectivity index (χ1) is 22.7. The number of nitrogens with one attached hydrogen (secondary N) is 2. The number of halogens is 2. The third-order valence-electron chi connectivity index (χ3n) is 8.90. The molecular formula is C32H29Cl2N9O4. The van der Waals surface area contributed by atoms with Gasteiger partial charge in [-0.1, -0.05) is 58.7 Å². The predicted molar refractivity (Wildman–Crippen MR) is 176 cm³/mol. The highest BCUT2D eigenvalue weighted by atomic mass is 35.5. The lowest BCUT2D eigenvalue weighted by atomic mass is 9.94. The number of benzene rings is 2. The molecule has 1 fully saturated rings. The van der Waals surface area contributed by atoms with E-state index >= 15 is 0 Å². The van der Waals surface area contributed by atoms with Crippen LogP contribution in [0.3, 0.4) is 0 Å². The normalized spacial score (nSPS) is 16.1. The molecule has 7 rings (SSSR count). The summed E-state index contributed by atoms with van der Waals surface area (Å²) in [6.07, 6.45) is 3.02. The summed E-state index contributed by atoms with van der Waals surface area (Å²) in [5, 5.41) is 17.9. The van der Waals surface area contributed by atoms with Crippen LogP contribution >= 0.6 is 23.2 Å². The number of anilines is 1. The van der Waals surface area contributed by atoms with E-state index in [0.717, 1.165) is 47.4 Å². The van der Waals surface area contributed by atoms with E-state index in [9.17, 15) is 14.4 Å². The van der Waals surface area contributed by atoms with Crippen molar-refractivity contribution in [2.75, 3.05) is 25.5 Å². The number of nitrogens with zero attached hydrogens (tertiary/aromatic N) is 7.